The van der Waals surface area contributed by atoms with Crippen LogP contribution < -0.4 is 10.1 Å². The zero-order valence-electron chi connectivity index (χ0n) is 12.3. The van der Waals surface area contributed by atoms with Gasteiger partial charge < -0.3 is 19.4 Å². The quantitative estimate of drug-likeness (QED) is 0.915. The van der Waals surface area contributed by atoms with Gasteiger partial charge in [0.1, 0.15) is 6.20 Å². The molecule has 8 heteroatoms. The monoisotopic (exact) mass is 353 g/mol. The minimum Gasteiger partial charge on any atom is -0.414 e. The number of carbonyl (C=O) groups is 1. The fourth-order valence-corrected chi connectivity index (χ4v) is 4.14. The predicted molar refractivity (Wildman–Crippen MR) is 86.3 cm³/mol. The van der Waals surface area contributed by atoms with Gasteiger partial charge in [0.15, 0.2) is 5.06 Å². The largest absolute Gasteiger partial charge is 0.414 e. The van der Waals surface area contributed by atoms with Crippen LogP contribution in [0.15, 0.2) is 22.7 Å². The van der Waals surface area contributed by atoms with Crippen molar-refractivity contribution >= 4 is 28.8 Å². The molecule has 0 radical (unpaired) electrons. The lowest BCUT2D eigenvalue weighted by atomic mass is 9.84. The highest BCUT2D eigenvalue weighted by Gasteiger charge is 2.35. The van der Waals surface area contributed by atoms with E-state index in [2.05, 4.69) is 15.2 Å². The first-order valence-electron chi connectivity index (χ1n) is 7.59. The van der Waals surface area contributed by atoms with E-state index in [0.717, 1.165) is 19.6 Å². The van der Waals surface area contributed by atoms with Crippen LogP contribution in [0.5, 0.6) is 11.0 Å². The number of amides is 1. The molecule has 3 aliphatic heterocycles. The second kappa shape index (κ2) is 6.14. The number of ether oxygens (including phenoxy) is 1. The second-order valence-electron chi connectivity index (χ2n) is 5.87. The predicted octanol–water partition coefficient (Wildman–Crippen LogP) is 3.01. The van der Waals surface area contributed by atoms with Crippen LogP contribution in [0.1, 0.15) is 22.5 Å². The Balaban J connectivity index is 1.39. The van der Waals surface area contributed by atoms with Crippen LogP contribution in [-0.2, 0) is 0 Å². The molecule has 0 aliphatic carbocycles. The lowest BCUT2D eigenvalue weighted by Gasteiger charge is -2.44. The third-order valence-electron chi connectivity index (χ3n) is 4.44. The van der Waals surface area contributed by atoms with Gasteiger partial charge in [-0.1, -0.05) is 11.3 Å². The number of hydrogen-bond donors (Lipinski definition) is 1. The average Bonchev–Trinajstić information content (AvgIpc) is 3.18. The van der Waals surface area contributed by atoms with E-state index in [9.17, 15) is 4.79 Å². The molecule has 0 saturated carbocycles. The summed E-state index contributed by atoms with van der Waals surface area (Å²) in [6.07, 6.45) is 3.75. The Morgan fingerprint density at radius 1 is 1.43 bits per heavy atom. The van der Waals surface area contributed by atoms with Gasteiger partial charge in [-0.15, -0.1) is 0 Å². The van der Waals surface area contributed by atoms with Gasteiger partial charge >= 0.3 is 5.95 Å². The van der Waals surface area contributed by atoms with Crippen molar-refractivity contribution in [2.24, 2.45) is 5.92 Å². The highest BCUT2D eigenvalue weighted by atomic mass is 35.5. The molecule has 3 saturated heterocycles. The van der Waals surface area contributed by atoms with Gasteiger partial charge in [-0.25, -0.2) is 4.98 Å². The van der Waals surface area contributed by atoms with Crippen molar-refractivity contribution in [1.82, 2.24) is 15.2 Å². The Bertz CT molecular complexity index is 708. The Hall–Kier alpha value is -1.57. The third kappa shape index (κ3) is 3.22. The highest BCUT2D eigenvalue weighted by Crippen LogP contribution is 2.31. The molecule has 0 unspecified atom stereocenters. The van der Waals surface area contributed by atoms with Gasteiger partial charge in [0.25, 0.3) is 11.3 Å². The molecule has 2 aromatic rings. The number of piperidine rings is 3. The van der Waals surface area contributed by atoms with Crippen molar-refractivity contribution in [2.45, 2.75) is 18.9 Å². The van der Waals surface area contributed by atoms with Crippen LogP contribution >= 0.6 is 22.9 Å². The maximum absolute atomic E-state index is 12.4. The second-order valence-corrected chi connectivity index (χ2v) is 7.24. The number of hydrogen-bond acceptors (Lipinski definition) is 6. The number of thiophene rings is 1. The first kappa shape index (κ1) is 15.0. The number of carbonyl (C=O) groups excluding carboxylic acids is 1. The fourth-order valence-electron chi connectivity index (χ4n) is 3.25. The molecule has 6 nitrogen and oxygen atoms in total. The van der Waals surface area contributed by atoms with Crippen LogP contribution in [0, 0.1) is 5.92 Å². The molecule has 0 aromatic carbocycles. The summed E-state index contributed by atoms with van der Waals surface area (Å²) in [7, 11) is 0. The van der Waals surface area contributed by atoms with E-state index in [0.29, 0.717) is 15.9 Å². The Kier molecular flexibility index (Phi) is 4.00. The maximum Gasteiger partial charge on any atom is 0.312 e. The van der Waals surface area contributed by atoms with E-state index in [-0.39, 0.29) is 23.2 Å². The Morgan fingerprint density at radius 2 is 2.26 bits per heavy atom. The molecule has 122 valence electrons. The van der Waals surface area contributed by atoms with Crippen LogP contribution in [0.3, 0.4) is 0 Å². The molecule has 2 bridgehead atoms. The number of halogens is 1. The zero-order valence-corrected chi connectivity index (χ0v) is 13.9. The van der Waals surface area contributed by atoms with Gasteiger partial charge in [-0.3, -0.25) is 4.79 Å². The summed E-state index contributed by atoms with van der Waals surface area (Å²) >= 11 is 6.87. The molecular weight excluding hydrogens is 338 g/mol. The van der Waals surface area contributed by atoms with E-state index in [4.69, 9.17) is 20.8 Å². The normalized spacial score (nSPS) is 26.2. The van der Waals surface area contributed by atoms with E-state index in [1.807, 2.05) is 0 Å². The summed E-state index contributed by atoms with van der Waals surface area (Å²) in [6, 6.07) is 3.76. The minimum absolute atomic E-state index is 0.0249. The fraction of sp³-hybridized carbons (Fsp3) is 0.467. The summed E-state index contributed by atoms with van der Waals surface area (Å²) < 4.78 is 10.5. The van der Waals surface area contributed by atoms with Crippen molar-refractivity contribution in [3.05, 3.63) is 28.6 Å². The van der Waals surface area contributed by atoms with E-state index >= 15 is 0 Å². The first-order valence-corrected chi connectivity index (χ1v) is 8.79. The molecule has 1 amide bonds. The molecule has 2 aromatic heterocycles. The molecule has 0 spiro atoms. The highest BCUT2D eigenvalue weighted by molar-refractivity contribution is 7.15. The summed E-state index contributed by atoms with van der Waals surface area (Å²) in [4.78, 5) is 19.2. The number of nitrogens with one attached hydrogen (secondary N) is 1. The van der Waals surface area contributed by atoms with Crippen LogP contribution in [0.25, 0.3) is 0 Å². The number of oxazole rings is 1. The SMILES string of the molecule is O=C(N[C@H]1CN2CCC1CC2)c1ccc(Oc2cnc(Cl)o2)s1. The summed E-state index contributed by atoms with van der Waals surface area (Å²) in [5.74, 6) is 0.774. The van der Waals surface area contributed by atoms with Crippen molar-refractivity contribution in [3.63, 3.8) is 0 Å². The number of aromatic nitrogens is 1. The molecule has 5 heterocycles. The lowest BCUT2D eigenvalue weighted by Crippen LogP contribution is -2.57. The smallest absolute Gasteiger partial charge is 0.312 e. The number of nitrogens with zero attached hydrogens (tertiary/aromatic N) is 2. The molecule has 5 rings (SSSR count). The van der Waals surface area contributed by atoms with E-state index in [1.54, 1.807) is 12.1 Å². The maximum atomic E-state index is 12.4. The Morgan fingerprint density at radius 3 is 2.91 bits per heavy atom. The van der Waals surface area contributed by atoms with Crippen LogP contribution in [0.2, 0.25) is 5.35 Å². The van der Waals surface area contributed by atoms with Crippen molar-refractivity contribution in [3.8, 4) is 11.0 Å². The summed E-state index contributed by atoms with van der Waals surface area (Å²) in [5.41, 5.74) is 0. The first-order chi connectivity index (χ1) is 11.2. The van der Waals surface area contributed by atoms with Crippen LogP contribution in [0.4, 0.5) is 0 Å². The molecule has 3 fully saturated rings. The van der Waals surface area contributed by atoms with Crippen LogP contribution in [-0.4, -0.2) is 41.5 Å². The molecule has 3 aliphatic rings. The average molecular weight is 354 g/mol. The van der Waals surface area contributed by atoms with Crippen molar-refractivity contribution < 1.29 is 13.9 Å². The van der Waals surface area contributed by atoms with Gasteiger partial charge in [-0.2, -0.15) is 0 Å². The zero-order chi connectivity index (χ0) is 15.8. The topological polar surface area (TPSA) is 67.6 Å². The standard InChI is InChI=1S/C15H16ClN3O3S/c16-15-17-7-12(22-15)21-13-2-1-11(23-13)14(20)18-10-8-19-5-3-9(10)4-6-19/h1-2,7,9-10H,3-6,8H2,(H,18,20)/t10-/m0/s1. The minimum atomic E-state index is -0.0424. The lowest BCUT2D eigenvalue weighted by molar-refractivity contribution is 0.0622. The molecule has 23 heavy (non-hydrogen) atoms. The molecule has 1 atom stereocenters. The van der Waals surface area contributed by atoms with Gasteiger partial charge in [-0.05, 0) is 55.6 Å². The van der Waals surface area contributed by atoms with Crippen molar-refractivity contribution in [2.75, 3.05) is 19.6 Å². The summed E-state index contributed by atoms with van der Waals surface area (Å²) in [5, 5.41) is 3.76. The summed E-state index contributed by atoms with van der Waals surface area (Å²) in [6.45, 7) is 3.28. The van der Waals surface area contributed by atoms with E-state index < -0.39 is 0 Å². The Labute approximate surface area is 142 Å². The number of rotatable bonds is 4. The number of fused-ring (bicyclic) bond motifs is 3. The van der Waals surface area contributed by atoms with E-state index in [1.165, 1.54) is 30.4 Å². The van der Waals surface area contributed by atoms with Crippen molar-refractivity contribution in [1.29, 1.82) is 0 Å². The van der Waals surface area contributed by atoms with Gasteiger partial charge in [0.2, 0.25) is 0 Å². The van der Waals surface area contributed by atoms with Gasteiger partial charge in [0, 0.05) is 12.6 Å². The molecular formula is C15H16ClN3O3S. The molecule has 1 N–H and O–H groups in total. The van der Waals surface area contributed by atoms with Gasteiger partial charge in [0.05, 0.1) is 4.88 Å². The third-order valence-corrected chi connectivity index (χ3v) is 5.57.